The van der Waals surface area contributed by atoms with Crippen LogP contribution in [0.1, 0.15) is 87.6 Å². The first-order valence-electron chi connectivity index (χ1n) is 14.0. The predicted molar refractivity (Wildman–Crippen MR) is 152 cm³/mol. The van der Waals surface area contributed by atoms with Gasteiger partial charge in [-0.1, -0.05) is 40.7 Å². The lowest BCUT2D eigenvalue weighted by Gasteiger charge is -2.24. The zero-order valence-corrected chi connectivity index (χ0v) is 26.0. The van der Waals surface area contributed by atoms with Crippen molar-refractivity contribution >= 4 is 24.2 Å². The van der Waals surface area contributed by atoms with Gasteiger partial charge in [0.05, 0.1) is 5.92 Å². The molecule has 0 aliphatic carbocycles. The van der Waals surface area contributed by atoms with Gasteiger partial charge < -0.3 is 34.2 Å². The molecule has 0 saturated heterocycles. The molecule has 1 unspecified atom stereocenters. The van der Waals surface area contributed by atoms with Gasteiger partial charge in [0.25, 0.3) is 0 Å². The summed E-state index contributed by atoms with van der Waals surface area (Å²) in [4.78, 5) is 49.5. The summed E-state index contributed by atoms with van der Waals surface area (Å²) in [7, 11) is 0. The number of rotatable bonds is 14. The Labute approximate surface area is 243 Å². The summed E-state index contributed by atoms with van der Waals surface area (Å²) >= 11 is 0. The highest BCUT2D eigenvalue weighted by Gasteiger charge is 2.27. The maximum atomic E-state index is 12.6. The maximum absolute atomic E-state index is 12.6. The van der Waals surface area contributed by atoms with Gasteiger partial charge in [0, 0.05) is 0 Å². The highest BCUT2D eigenvalue weighted by Crippen LogP contribution is 2.31. The van der Waals surface area contributed by atoms with Crippen LogP contribution in [0.15, 0.2) is 18.2 Å². The molecule has 0 fully saturated rings. The van der Waals surface area contributed by atoms with Crippen molar-refractivity contribution in [2.24, 2.45) is 17.6 Å². The average molecular weight is 582 g/mol. The standard InChI is InChI=1S/C30H47NO10/c1-11-29(7,8)40-27(34)38-23-14-13-21(16-24(23)39-28(35)41-30(9,10)12-2)15-22(31)26(33)37-19(5)17-36-25(32)20(6)18(3)4/h13-14,16,18-20,22H,11-12,15,17,31H2,1-10H3/t19-,20?,22-/m0/s1. The molecule has 0 heterocycles. The molecule has 41 heavy (non-hydrogen) atoms. The van der Waals surface area contributed by atoms with Gasteiger partial charge in [-0.2, -0.15) is 0 Å². The highest BCUT2D eigenvalue weighted by molar-refractivity contribution is 5.76. The number of carbonyl (C=O) groups is 4. The quantitative estimate of drug-likeness (QED) is 0.163. The third-order valence-corrected chi connectivity index (χ3v) is 6.72. The molecule has 0 bridgehead atoms. The van der Waals surface area contributed by atoms with Crippen molar-refractivity contribution in [1.29, 1.82) is 0 Å². The zero-order valence-electron chi connectivity index (χ0n) is 26.0. The lowest BCUT2D eigenvalue weighted by atomic mass is 9.99. The molecule has 1 rings (SSSR count). The van der Waals surface area contributed by atoms with E-state index >= 15 is 0 Å². The second-order valence-corrected chi connectivity index (χ2v) is 11.6. The molecule has 0 aromatic heterocycles. The Bertz CT molecular complexity index is 1050. The Balaban J connectivity index is 2.99. The molecular weight excluding hydrogens is 534 g/mol. The molecule has 0 spiro atoms. The monoisotopic (exact) mass is 581 g/mol. The Morgan fingerprint density at radius 1 is 0.805 bits per heavy atom. The molecule has 3 atom stereocenters. The number of esters is 2. The van der Waals surface area contributed by atoms with E-state index in [4.69, 9.17) is 34.2 Å². The lowest BCUT2D eigenvalue weighted by Crippen LogP contribution is -2.37. The van der Waals surface area contributed by atoms with Crippen LogP contribution >= 0.6 is 0 Å². The van der Waals surface area contributed by atoms with Gasteiger partial charge in [0.1, 0.15) is 30.0 Å². The Morgan fingerprint density at radius 2 is 1.32 bits per heavy atom. The van der Waals surface area contributed by atoms with Crippen LogP contribution in [0.3, 0.4) is 0 Å². The van der Waals surface area contributed by atoms with Gasteiger partial charge >= 0.3 is 24.2 Å². The lowest BCUT2D eigenvalue weighted by molar-refractivity contribution is -0.161. The minimum atomic E-state index is -1.08. The summed E-state index contributed by atoms with van der Waals surface area (Å²) in [6.45, 7) is 17.7. The number of ether oxygens (including phenoxy) is 6. The summed E-state index contributed by atoms with van der Waals surface area (Å²) in [5.74, 6) is -1.44. The molecule has 11 nitrogen and oxygen atoms in total. The van der Waals surface area contributed by atoms with Gasteiger partial charge in [-0.05, 0) is 77.5 Å². The first-order chi connectivity index (χ1) is 18.9. The van der Waals surface area contributed by atoms with Crippen molar-refractivity contribution in [1.82, 2.24) is 0 Å². The molecular formula is C30H47NO10. The van der Waals surface area contributed by atoms with Crippen LogP contribution in [0.4, 0.5) is 9.59 Å². The van der Waals surface area contributed by atoms with Crippen molar-refractivity contribution < 1.29 is 47.6 Å². The normalized spacial score (nSPS) is 14.0. The predicted octanol–water partition coefficient (Wildman–Crippen LogP) is 5.73. The van der Waals surface area contributed by atoms with E-state index < -0.39 is 41.6 Å². The molecule has 2 N–H and O–H groups in total. The molecule has 1 aromatic rings. The second-order valence-electron chi connectivity index (χ2n) is 11.6. The Morgan fingerprint density at radius 3 is 1.80 bits per heavy atom. The summed E-state index contributed by atoms with van der Waals surface area (Å²) in [6, 6.07) is 3.30. The first-order valence-corrected chi connectivity index (χ1v) is 14.0. The van der Waals surface area contributed by atoms with Crippen molar-refractivity contribution in [2.75, 3.05) is 6.61 Å². The van der Waals surface area contributed by atoms with Gasteiger partial charge in [-0.25, -0.2) is 9.59 Å². The fourth-order valence-electron chi connectivity index (χ4n) is 2.92. The average Bonchev–Trinajstić information content (AvgIpc) is 2.87. The number of hydrogen-bond donors (Lipinski definition) is 1. The van der Waals surface area contributed by atoms with Crippen LogP contribution in [0.25, 0.3) is 0 Å². The zero-order chi connectivity index (χ0) is 31.5. The van der Waals surface area contributed by atoms with E-state index in [1.54, 1.807) is 47.6 Å². The van der Waals surface area contributed by atoms with Crippen LogP contribution in [-0.2, 0) is 35.0 Å². The summed E-state index contributed by atoms with van der Waals surface area (Å²) in [5, 5.41) is 0. The van der Waals surface area contributed by atoms with Crippen LogP contribution in [0.5, 0.6) is 11.5 Å². The third kappa shape index (κ3) is 12.8. The van der Waals surface area contributed by atoms with E-state index in [0.717, 1.165) is 0 Å². The van der Waals surface area contributed by atoms with E-state index in [1.165, 1.54) is 12.1 Å². The molecule has 1 aromatic carbocycles. The summed E-state index contributed by atoms with van der Waals surface area (Å²) in [6.07, 6.45) is -1.59. The van der Waals surface area contributed by atoms with Crippen molar-refractivity contribution in [2.45, 2.75) is 112 Å². The van der Waals surface area contributed by atoms with Crippen LogP contribution in [0, 0.1) is 11.8 Å². The van der Waals surface area contributed by atoms with Crippen LogP contribution in [0.2, 0.25) is 0 Å². The highest BCUT2D eigenvalue weighted by atomic mass is 16.8. The Hall–Kier alpha value is -3.34. The summed E-state index contributed by atoms with van der Waals surface area (Å²) < 4.78 is 31.9. The molecule has 0 aliphatic rings. The van der Waals surface area contributed by atoms with E-state index in [2.05, 4.69) is 0 Å². The molecule has 0 amide bonds. The second kappa shape index (κ2) is 15.6. The molecule has 11 heteroatoms. The third-order valence-electron chi connectivity index (χ3n) is 6.72. The summed E-state index contributed by atoms with van der Waals surface area (Å²) in [5.41, 5.74) is 5.02. The number of nitrogens with two attached hydrogens (primary N) is 1. The Kier molecular flexibility index (Phi) is 13.6. The first kappa shape index (κ1) is 35.7. The largest absolute Gasteiger partial charge is 0.514 e. The maximum Gasteiger partial charge on any atom is 0.514 e. The van der Waals surface area contributed by atoms with E-state index in [-0.39, 0.29) is 42.3 Å². The van der Waals surface area contributed by atoms with Crippen molar-refractivity contribution in [3.8, 4) is 11.5 Å². The van der Waals surface area contributed by atoms with Crippen molar-refractivity contribution in [3.05, 3.63) is 23.8 Å². The van der Waals surface area contributed by atoms with Gasteiger partial charge in [0.2, 0.25) is 0 Å². The fourth-order valence-corrected chi connectivity index (χ4v) is 2.92. The van der Waals surface area contributed by atoms with Gasteiger partial charge in [-0.15, -0.1) is 0 Å². The van der Waals surface area contributed by atoms with E-state index in [9.17, 15) is 19.2 Å². The smallest absolute Gasteiger partial charge is 0.462 e. The number of carbonyl (C=O) groups excluding carboxylic acids is 4. The molecule has 0 radical (unpaired) electrons. The van der Waals surface area contributed by atoms with Gasteiger partial charge in [-0.3, -0.25) is 9.59 Å². The van der Waals surface area contributed by atoms with Gasteiger partial charge in [0.15, 0.2) is 11.5 Å². The SMILES string of the molecule is CCC(C)(C)OC(=O)Oc1ccc(C[C@H](N)C(=O)O[C@@H](C)COC(=O)C(C)C(C)C)cc1OC(=O)OC(C)(C)CC. The topological polar surface area (TPSA) is 150 Å². The minimum Gasteiger partial charge on any atom is -0.462 e. The fraction of sp³-hybridized carbons (Fsp3) is 0.667. The molecule has 0 saturated carbocycles. The minimum absolute atomic E-state index is 0.00910. The van der Waals surface area contributed by atoms with Crippen LogP contribution in [-0.4, -0.2) is 54.2 Å². The van der Waals surface area contributed by atoms with E-state index in [1.807, 2.05) is 27.7 Å². The van der Waals surface area contributed by atoms with Crippen LogP contribution < -0.4 is 15.2 Å². The number of hydrogen-bond acceptors (Lipinski definition) is 11. The molecule has 0 aliphatic heterocycles. The van der Waals surface area contributed by atoms with E-state index in [0.29, 0.717) is 18.4 Å². The number of benzene rings is 1. The van der Waals surface area contributed by atoms with Crippen molar-refractivity contribution in [3.63, 3.8) is 0 Å². The molecule has 232 valence electrons.